The van der Waals surface area contributed by atoms with Gasteiger partial charge in [-0.3, -0.25) is 10.1 Å². The second-order valence-corrected chi connectivity index (χ2v) is 3.15. The predicted molar refractivity (Wildman–Crippen MR) is 50.1 cm³/mol. The van der Waals surface area contributed by atoms with Crippen molar-refractivity contribution in [2.45, 2.75) is 11.8 Å². The van der Waals surface area contributed by atoms with Crippen molar-refractivity contribution in [3.8, 4) is 0 Å². The minimum atomic E-state index is -0.506. The van der Waals surface area contributed by atoms with Gasteiger partial charge in [0.25, 0.3) is 5.69 Å². The second kappa shape index (κ2) is 3.33. The van der Waals surface area contributed by atoms with E-state index in [0.29, 0.717) is 5.02 Å². The number of thiol groups is 1. The highest BCUT2D eigenvalue weighted by Crippen LogP contribution is 2.31. The molecule has 0 fully saturated rings. The minimum absolute atomic E-state index is 0.0612. The van der Waals surface area contributed by atoms with Crippen LogP contribution in [0, 0.1) is 17.0 Å². The fraction of sp³-hybridized carbons (Fsp3) is 0.143. The molecule has 5 heteroatoms. The molecule has 0 bridgehead atoms. The Balaban J connectivity index is 3.36. The van der Waals surface area contributed by atoms with Gasteiger partial charge in [-0.2, -0.15) is 0 Å². The molecule has 1 aromatic carbocycles. The average molecular weight is 204 g/mol. The maximum atomic E-state index is 10.4. The second-order valence-electron chi connectivity index (χ2n) is 2.32. The Kier molecular flexibility index (Phi) is 2.59. The Morgan fingerprint density at radius 1 is 1.58 bits per heavy atom. The number of nitrogens with zero attached hydrogens (tertiary/aromatic N) is 1. The van der Waals surface area contributed by atoms with Gasteiger partial charge in [-0.25, -0.2) is 0 Å². The van der Waals surface area contributed by atoms with Crippen molar-refractivity contribution in [2.24, 2.45) is 0 Å². The molecule has 1 aromatic rings. The Bertz CT molecular complexity index is 340. The van der Waals surface area contributed by atoms with Crippen LogP contribution < -0.4 is 0 Å². The first kappa shape index (κ1) is 9.35. The van der Waals surface area contributed by atoms with Crippen molar-refractivity contribution in [2.75, 3.05) is 0 Å². The molecule has 0 atom stereocenters. The molecule has 0 N–H and O–H groups in total. The Labute approximate surface area is 79.9 Å². The zero-order valence-electron chi connectivity index (χ0n) is 6.24. The molecule has 0 spiro atoms. The van der Waals surface area contributed by atoms with E-state index in [-0.39, 0.29) is 10.6 Å². The summed E-state index contributed by atoms with van der Waals surface area (Å²) in [5.74, 6) is 0. The predicted octanol–water partition coefficient (Wildman–Crippen LogP) is 2.85. The monoisotopic (exact) mass is 203 g/mol. The molecule has 0 unspecified atom stereocenters. The van der Waals surface area contributed by atoms with Crippen LogP contribution in [0.15, 0.2) is 17.0 Å². The van der Waals surface area contributed by atoms with Crippen LogP contribution in [-0.4, -0.2) is 4.92 Å². The van der Waals surface area contributed by atoms with Gasteiger partial charge in [0.2, 0.25) is 0 Å². The van der Waals surface area contributed by atoms with Gasteiger partial charge in [0, 0.05) is 6.07 Å². The number of halogens is 1. The number of nitro groups is 1. The van der Waals surface area contributed by atoms with Crippen LogP contribution in [0.1, 0.15) is 5.56 Å². The van der Waals surface area contributed by atoms with Gasteiger partial charge in [-0.1, -0.05) is 17.7 Å². The third kappa shape index (κ3) is 1.54. The van der Waals surface area contributed by atoms with Crippen molar-refractivity contribution in [1.82, 2.24) is 0 Å². The fourth-order valence-corrected chi connectivity index (χ4v) is 1.29. The molecular weight excluding hydrogens is 198 g/mol. The Morgan fingerprint density at radius 2 is 2.17 bits per heavy atom. The summed E-state index contributed by atoms with van der Waals surface area (Å²) >= 11 is 9.69. The van der Waals surface area contributed by atoms with Crippen molar-refractivity contribution in [1.29, 1.82) is 0 Å². The molecule has 0 aliphatic carbocycles. The molecule has 0 radical (unpaired) electrons. The molecule has 0 saturated heterocycles. The van der Waals surface area contributed by atoms with Gasteiger partial charge in [-0.15, -0.1) is 12.6 Å². The van der Waals surface area contributed by atoms with Crippen LogP contribution in [0.5, 0.6) is 0 Å². The largest absolute Gasteiger partial charge is 0.284 e. The van der Waals surface area contributed by atoms with Crippen molar-refractivity contribution in [3.63, 3.8) is 0 Å². The summed E-state index contributed by atoms with van der Waals surface area (Å²) in [6.07, 6.45) is 0. The lowest BCUT2D eigenvalue weighted by molar-refractivity contribution is -0.387. The number of hydrogen-bond acceptors (Lipinski definition) is 3. The highest BCUT2D eigenvalue weighted by atomic mass is 35.5. The zero-order valence-corrected chi connectivity index (χ0v) is 7.89. The first-order valence-electron chi connectivity index (χ1n) is 3.16. The van der Waals surface area contributed by atoms with Crippen LogP contribution >= 0.6 is 24.2 Å². The van der Waals surface area contributed by atoms with E-state index in [2.05, 4.69) is 12.6 Å². The summed E-state index contributed by atoms with van der Waals surface area (Å²) in [6, 6.07) is 2.99. The molecule has 0 aromatic heterocycles. The quantitative estimate of drug-likeness (QED) is 0.433. The summed E-state index contributed by atoms with van der Waals surface area (Å²) in [5.41, 5.74) is 0.723. The maximum Gasteiger partial charge on any atom is 0.284 e. The lowest BCUT2D eigenvalue weighted by Gasteiger charge is -2.00. The topological polar surface area (TPSA) is 43.1 Å². The van der Waals surface area contributed by atoms with E-state index in [9.17, 15) is 10.1 Å². The van der Waals surface area contributed by atoms with E-state index in [0.717, 1.165) is 5.56 Å². The van der Waals surface area contributed by atoms with Gasteiger partial charge in [0.05, 0.1) is 9.95 Å². The van der Waals surface area contributed by atoms with Gasteiger partial charge in [0.1, 0.15) is 4.90 Å². The number of hydrogen-bond donors (Lipinski definition) is 1. The third-order valence-electron chi connectivity index (χ3n) is 1.48. The van der Waals surface area contributed by atoms with Crippen molar-refractivity contribution in [3.05, 3.63) is 32.8 Å². The molecule has 12 heavy (non-hydrogen) atoms. The fourth-order valence-electron chi connectivity index (χ4n) is 0.803. The van der Waals surface area contributed by atoms with Gasteiger partial charge in [0.15, 0.2) is 0 Å². The highest BCUT2D eigenvalue weighted by Gasteiger charge is 2.14. The van der Waals surface area contributed by atoms with Crippen LogP contribution in [-0.2, 0) is 0 Å². The standard InChI is InChI=1S/C7H6ClNO2S/c1-4-2-3-5(9(10)11)7(12)6(4)8/h2-3,12H,1H3. The Morgan fingerprint density at radius 3 is 2.67 bits per heavy atom. The summed E-state index contributed by atoms with van der Waals surface area (Å²) in [4.78, 5) is 10.1. The molecule has 0 aliphatic heterocycles. The number of aryl methyl sites for hydroxylation is 1. The SMILES string of the molecule is Cc1ccc([N+](=O)[O-])c(S)c1Cl. The maximum absolute atomic E-state index is 10.4. The smallest absolute Gasteiger partial charge is 0.258 e. The molecule has 64 valence electrons. The van der Waals surface area contributed by atoms with E-state index in [1.54, 1.807) is 13.0 Å². The van der Waals surface area contributed by atoms with Crippen LogP contribution in [0.3, 0.4) is 0 Å². The van der Waals surface area contributed by atoms with Gasteiger partial charge in [-0.05, 0) is 12.5 Å². The van der Waals surface area contributed by atoms with E-state index in [4.69, 9.17) is 11.6 Å². The summed E-state index contributed by atoms with van der Waals surface area (Å²) in [5, 5.41) is 10.7. The molecule has 0 saturated carbocycles. The van der Waals surface area contributed by atoms with Gasteiger partial charge >= 0.3 is 0 Å². The van der Waals surface area contributed by atoms with Gasteiger partial charge < -0.3 is 0 Å². The minimum Gasteiger partial charge on any atom is -0.258 e. The van der Waals surface area contributed by atoms with Crippen LogP contribution in [0.2, 0.25) is 5.02 Å². The molecule has 1 rings (SSSR count). The van der Waals surface area contributed by atoms with Crippen LogP contribution in [0.4, 0.5) is 5.69 Å². The number of nitro benzene ring substituents is 1. The first-order chi connectivity index (χ1) is 5.54. The summed E-state index contributed by atoms with van der Waals surface area (Å²) in [7, 11) is 0. The highest BCUT2D eigenvalue weighted by molar-refractivity contribution is 7.80. The molecule has 0 heterocycles. The lowest BCUT2D eigenvalue weighted by Crippen LogP contribution is -1.90. The van der Waals surface area contributed by atoms with E-state index >= 15 is 0 Å². The van der Waals surface area contributed by atoms with Crippen molar-refractivity contribution < 1.29 is 4.92 Å². The Hall–Kier alpha value is -0.740. The lowest BCUT2D eigenvalue weighted by atomic mass is 10.2. The van der Waals surface area contributed by atoms with E-state index in [1.165, 1.54) is 6.07 Å². The number of rotatable bonds is 1. The molecule has 0 amide bonds. The normalized spacial score (nSPS) is 9.92. The molecule has 0 aliphatic rings. The van der Waals surface area contributed by atoms with E-state index < -0.39 is 4.92 Å². The van der Waals surface area contributed by atoms with E-state index in [1.807, 2.05) is 0 Å². The first-order valence-corrected chi connectivity index (χ1v) is 3.99. The summed E-state index contributed by atoms with van der Waals surface area (Å²) < 4.78 is 0. The molecular formula is C7H6ClNO2S. The molecule has 3 nitrogen and oxygen atoms in total. The third-order valence-corrected chi connectivity index (χ3v) is 2.56. The summed E-state index contributed by atoms with van der Waals surface area (Å²) in [6.45, 7) is 1.77. The van der Waals surface area contributed by atoms with Crippen LogP contribution in [0.25, 0.3) is 0 Å². The van der Waals surface area contributed by atoms with Crippen molar-refractivity contribution >= 4 is 29.9 Å². The average Bonchev–Trinajstić information content (AvgIpc) is 2.00. The number of benzene rings is 1. The zero-order chi connectivity index (χ0) is 9.30.